The van der Waals surface area contributed by atoms with Gasteiger partial charge in [0.2, 0.25) is 0 Å². The Morgan fingerprint density at radius 2 is 1.93 bits per heavy atom. The first-order chi connectivity index (χ1) is 13.5. The summed E-state index contributed by atoms with van der Waals surface area (Å²) < 4.78 is 10.8. The van der Waals surface area contributed by atoms with Crippen molar-refractivity contribution in [1.82, 2.24) is 0 Å². The Morgan fingerprint density at radius 3 is 2.68 bits per heavy atom. The quantitative estimate of drug-likeness (QED) is 0.496. The molecule has 0 aliphatic rings. The van der Waals surface area contributed by atoms with Crippen LogP contribution >= 0.6 is 0 Å². The Balaban J connectivity index is 1.69. The van der Waals surface area contributed by atoms with E-state index in [0.717, 1.165) is 23.8 Å². The molecule has 0 saturated carbocycles. The van der Waals surface area contributed by atoms with E-state index < -0.39 is 5.63 Å². The van der Waals surface area contributed by atoms with Crippen molar-refractivity contribution in [1.29, 1.82) is 0 Å². The van der Waals surface area contributed by atoms with Crippen LogP contribution in [0.3, 0.4) is 0 Å². The molecule has 144 valence electrons. The summed E-state index contributed by atoms with van der Waals surface area (Å²) in [5, 5.41) is 3.55. The van der Waals surface area contributed by atoms with E-state index in [2.05, 4.69) is 5.32 Å². The number of ether oxygens (including phenoxy) is 1. The largest absolute Gasteiger partial charge is 0.484 e. The van der Waals surface area contributed by atoms with Crippen molar-refractivity contribution in [3.63, 3.8) is 0 Å². The highest BCUT2D eigenvalue weighted by molar-refractivity contribution is 5.97. The van der Waals surface area contributed by atoms with E-state index in [1.807, 2.05) is 13.0 Å². The van der Waals surface area contributed by atoms with E-state index in [9.17, 15) is 14.4 Å². The molecule has 1 amide bonds. The van der Waals surface area contributed by atoms with Crippen LogP contribution in [0, 0.1) is 0 Å². The Morgan fingerprint density at radius 1 is 1.11 bits per heavy atom. The first-order valence-corrected chi connectivity index (χ1v) is 9.06. The van der Waals surface area contributed by atoms with Crippen molar-refractivity contribution in [2.75, 3.05) is 11.9 Å². The Kier molecular flexibility index (Phi) is 5.89. The predicted octanol–water partition coefficient (Wildman–Crippen LogP) is 3.97. The standard InChI is InChI=1S/C22H21NO5/c1-3-5-16-11-22(26)28-20-12-18(8-9-19(16)20)27-13-21(25)23-17-7-4-6-15(10-17)14(2)24/h4,6-12H,3,5,13H2,1-2H3,(H,23,25). The zero-order valence-electron chi connectivity index (χ0n) is 15.8. The van der Waals surface area contributed by atoms with E-state index in [-0.39, 0.29) is 18.3 Å². The molecule has 2 aromatic carbocycles. The summed E-state index contributed by atoms with van der Waals surface area (Å²) in [4.78, 5) is 35.3. The molecule has 3 aromatic rings. The molecule has 28 heavy (non-hydrogen) atoms. The summed E-state index contributed by atoms with van der Waals surface area (Å²) in [5.74, 6) is -0.00799. The molecule has 6 heteroatoms. The molecular formula is C22H21NO5. The molecule has 0 bridgehead atoms. The molecule has 0 saturated heterocycles. The predicted molar refractivity (Wildman–Crippen MR) is 107 cm³/mol. The van der Waals surface area contributed by atoms with Gasteiger partial charge in [-0.05, 0) is 43.2 Å². The molecule has 1 N–H and O–H groups in total. The number of fused-ring (bicyclic) bond motifs is 1. The average Bonchev–Trinajstić information content (AvgIpc) is 2.66. The summed E-state index contributed by atoms with van der Waals surface area (Å²) in [6.45, 7) is 3.30. The van der Waals surface area contributed by atoms with E-state index in [1.54, 1.807) is 36.4 Å². The molecule has 0 atom stereocenters. The number of amides is 1. The fraction of sp³-hybridized carbons (Fsp3) is 0.227. The summed E-state index contributed by atoms with van der Waals surface area (Å²) in [6.07, 6.45) is 1.70. The van der Waals surface area contributed by atoms with Crippen molar-refractivity contribution in [3.05, 3.63) is 70.1 Å². The number of ketones is 1. The molecule has 1 heterocycles. The maximum atomic E-state index is 12.1. The molecule has 6 nitrogen and oxygen atoms in total. The van der Waals surface area contributed by atoms with Crippen LogP contribution in [0.1, 0.15) is 36.2 Å². The first kappa shape index (κ1) is 19.4. The van der Waals surface area contributed by atoms with Crippen molar-refractivity contribution in [3.8, 4) is 5.75 Å². The fourth-order valence-corrected chi connectivity index (χ4v) is 2.94. The smallest absolute Gasteiger partial charge is 0.336 e. The van der Waals surface area contributed by atoms with Crippen molar-refractivity contribution < 1.29 is 18.7 Å². The summed E-state index contributed by atoms with van der Waals surface area (Å²) in [6, 6.07) is 13.4. The van der Waals surface area contributed by atoms with Crippen LogP contribution in [-0.2, 0) is 11.2 Å². The third kappa shape index (κ3) is 4.65. The third-order valence-corrected chi connectivity index (χ3v) is 4.24. The van der Waals surface area contributed by atoms with Crippen LogP contribution in [0.15, 0.2) is 57.7 Å². The normalized spacial score (nSPS) is 10.6. The summed E-state index contributed by atoms with van der Waals surface area (Å²) >= 11 is 0. The first-order valence-electron chi connectivity index (χ1n) is 9.06. The molecule has 0 aliphatic carbocycles. The monoisotopic (exact) mass is 379 g/mol. The molecular weight excluding hydrogens is 358 g/mol. The minimum absolute atomic E-state index is 0.0764. The number of hydrogen-bond donors (Lipinski definition) is 1. The van der Waals surface area contributed by atoms with Gasteiger partial charge in [-0.3, -0.25) is 9.59 Å². The fourth-order valence-electron chi connectivity index (χ4n) is 2.94. The number of aryl methyl sites for hydroxylation is 1. The lowest BCUT2D eigenvalue weighted by Crippen LogP contribution is -2.20. The van der Waals surface area contributed by atoms with E-state index in [1.165, 1.54) is 13.0 Å². The summed E-state index contributed by atoms with van der Waals surface area (Å²) in [5.41, 5.74) is 2.00. The number of nitrogens with one attached hydrogen (secondary N) is 1. The molecule has 0 radical (unpaired) electrons. The molecule has 0 spiro atoms. The van der Waals surface area contributed by atoms with Crippen LogP contribution in [-0.4, -0.2) is 18.3 Å². The Labute approximate surface area is 162 Å². The zero-order valence-corrected chi connectivity index (χ0v) is 15.8. The van der Waals surface area contributed by atoms with Gasteiger partial charge in [0.05, 0.1) is 0 Å². The topological polar surface area (TPSA) is 85.6 Å². The molecule has 0 unspecified atom stereocenters. The van der Waals surface area contributed by atoms with Crippen LogP contribution in [0.25, 0.3) is 11.0 Å². The van der Waals surface area contributed by atoms with E-state index in [0.29, 0.717) is 22.6 Å². The number of hydrogen-bond acceptors (Lipinski definition) is 5. The number of anilines is 1. The molecule has 0 aliphatic heterocycles. The SMILES string of the molecule is CCCc1cc(=O)oc2cc(OCC(=O)Nc3cccc(C(C)=O)c3)ccc12. The maximum Gasteiger partial charge on any atom is 0.336 e. The van der Waals surface area contributed by atoms with Crippen LogP contribution in [0.5, 0.6) is 5.75 Å². The minimum Gasteiger partial charge on any atom is -0.484 e. The minimum atomic E-state index is -0.406. The lowest BCUT2D eigenvalue weighted by Gasteiger charge is -2.09. The molecule has 0 fully saturated rings. The Hall–Kier alpha value is -3.41. The van der Waals surface area contributed by atoms with Gasteiger partial charge in [0.1, 0.15) is 11.3 Å². The number of carbonyl (C=O) groups excluding carboxylic acids is 2. The van der Waals surface area contributed by atoms with Gasteiger partial charge in [0.15, 0.2) is 12.4 Å². The zero-order chi connectivity index (χ0) is 20.1. The number of rotatable bonds is 7. The molecule has 3 rings (SSSR count). The third-order valence-electron chi connectivity index (χ3n) is 4.24. The van der Waals surface area contributed by atoms with Gasteiger partial charge in [-0.15, -0.1) is 0 Å². The highest BCUT2D eigenvalue weighted by Crippen LogP contribution is 2.23. The lowest BCUT2D eigenvalue weighted by molar-refractivity contribution is -0.118. The van der Waals surface area contributed by atoms with Crippen molar-refractivity contribution >= 4 is 28.3 Å². The van der Waals surface area contributed by atoms with Gasteiger partial charge < -0.3 is 14.5 Å². The van der Waals surface area contributed by atoms with E-state index in [4.69, 9.17) is 9.15 Å². The van der Waals surface area contributed by atoms with Gasteiger partial charge >= 0.3 is 5.63 Å². The van der Waals surface area contributed by atoms with Gasteiger partial charge in [0.25, 0.3) is 5.91 Å². The van der Waals surface area contributed by atoms with Gasteiger partial charge in [0, 0.05) is 28.8 Å². The lowest BCUT2D eigenvalue weighted by atomic mass is 10.1. The van der Waals surface area contributed by atoms with E-state index >= 15 is 0 Å². The van der Waals surface area contributed by atoms with Gasteiger partial charge in [-0.1, -0.05) is 25.5 Å². The number of Topliss-reactive ketones (excluding diaryl/α,β-unsaturated/α-hetero) is 1. The maximum absolute atomic E-state index is 12.1. The van der Waals surface area contributed by atoms with Crippen molar-refractivity contribution in [2.24, 2.45) is 0 Å². The van der Waals surface area contributed by atoms with Crippen LogP contribution in [0.4, 0.5) is 5.69 Å². The highest BCUT2D eigenvalue weighted by Gasteiger charge is 2.09. The molecule has 1 aromatic heterocycles. The number of benzene rings is 2. The van der Waals surface area contributed by atoms with Crippen LogP contribution < -0.4 is 15.7 Å². The van der Waals surface area contributed by atoms with Crippen LogP contribution in [0.2, 0.25) is 0 Å². The Bertz CT molecular complexity index is 1080. The van der Waals surface area contributed by atoms with Gasteiger partial charge in [-0.2, -0.15) is 0 Å². The van der Waals surface area contributed by atoms with Crippen molar-refractivity contribution in [2.45, 2.75) is 26.7 Å². The second-order valence-corrected chi connectivity index (χ2v) is 6.47. The highest BCUT2D eigenvalue weighted by atomic mass is 16.5. The summed E-state index contributed by atoms with van der Waals surface area (Å²) in [7, 11) is 0. The number of carbonyl (C=O) groups is 2. The average molecular weight is 379 g/mol. The second-order valence-electron chi connectivity index (χ2n) is 6.47. The second kappa shape index (κ2) is 8.52. The van der Waals surface area contributed by atoms with Gasteiger partial charge in [-0.25, -0.2) is 4.79 Å².